The Morgan fingerprint density at radius 1 is 1.12 bits per heavy atom. The van der Waals surface area contributed by atoms with Crippen molar-refractivity contribution in [3.05, 3.63) is 93.6 Å². The second kappa shape index (κ2) is 9.87. The highest BCUT2D eigenvalue weighted by Crippen LogP contribution is 2.46. The smallest absolute Gasteiger partial charge is 0.340 e. The third-order valence-corrected chi connectivity index (χ3v) is 8.75. The van der Waals surface area contributed by atoms with Gasteiger partial charge in [-0.15, -0.1) is 0 Å². The molecule has 0 saturated carbocycles. The number of pyridine rings is 1. The van der Waals surface area contributed by atoms with E-state index in [1.807, 2.05) is 6.07 Å². The van der Waals surface area contributed by atoms with Gasteiger partial charge in [0.1, 0.15) is 18.4 Å². The van der Waals surface area contributed by atoms with Crippen molar-refractivity contribution in [2.75, 3.05) is 11.9 Å². The number of nitrogens with zero attached hydrogens (tertiary/aromatic N) is 2. The van der Waals surface area contributed by atoms with Crippen LogP contribution < -0.4 is 10.6 Å². The van der Waals surface area contributed by atoms with Crippen LogP contribution in [0.3, 0.4) is 0 Å². The van der Waals surface area contributed by atoms with Gasteiger partial charge >= 0.3 is 6.18 Å². The highest BCUT2D eigenvalue weighted by Gasteiger charge is 2.51. The molecule has 2 N–H and O–H groups in total. The van der Waals surface area contributed by atoms with Crippen LogP contribution in [0.1, 0.15) is 51.9 Å². The number of benzene rings is 2. The third kappa shape index (κ3) is 4.84. The Morgan fingerprint density at radius 3 is 2.66 bits per heavy atom. The summed E-state index contributed by atoms with van der Waals surface area (Å²) in [5.41, 5.74) is 2.71. The topological polar surface area (TPSA) is 91.4 Å². The van der Waals surface area contributed by atoms with Crippen molar-refractivity contribution in [1.82, 2.24) is 15.2 Å². The number of fused-ring (bicyclic) bond motifs is 3. The maximum Gasteiger partial charge on any atom is 0.406 e. The molecular weight excluding hydrogens is 557 g/mol. The molecule has 1 saturated heterocycles. The van der Waals surface area contributed by atoms with Gasteiger partial charge in [-0.05, 0) is 73.2 Å². The van der Waals surface area contributed by atoms with Crippen molar-refractivity contribution >= 4 is 35.1 Å². The van der Waals surface area contributed by atoms with Crippen LogP contribution in [-0.4, -0.2) is 52.4 Å². The molecule has 7 nitrogen and oxygen atoms in total. The van der Waals surface area contributed by atoms with Crippen molar-refractivity contribution in [2.45, 2.75) is 55.8 Å². The number of anilines is 1. The molecule has 4 atom stereocenters. The molecule has 6 rings (SSSR count). The van der Waals surface area contributed by atoms with Crippen molar-refractivity contribution in [2.24, 2.45) is 0 Å². The number of likely N-dealkylation sites (tertiary alicyclic amines) is 1. The monoisotopic (exact) mass is 582 g/mol. The number of carbonyl (C=O) groups is 3. The molecule has 1 fully saturated rings. The fourth-order valence-corrected chi connectivity index (χ4v) is 6.71. The van der Waals surface area contributed by atoms with Crippen LogP contribution in [0, 0.1) is 0 Å². The molecule has 1 spiro atoms. The summed E-state index contributed by atoms with van der Waals surface area (Å²) in [4.78, 5) is 44.7. The highest BCUT2D eigenvalue weighted by atomic mass is 35.5. The molecule has 3 aliphatic rings. The molecule has 0 radical (unpaired) electrons. The fourth-order valence-electron chi connectivity index (χ4n) is 6.51. The van der Waals surface area contributed by atoms with Gasteiger partial charge in [-0.1, -0.05) is 35.9 Å². The minimum Gasteiger partial charge on any atom is -0.340 e. The van der Waals surface area contributed by atoms with E-state index in [0.29, 0.717) is 29.2 Å². The molecule has 1 aromatic heterocycles. The zero-order chi connectivity index (χ0) is 29.1. The van der Waals surface area contributed by atoms with E-state index in [4.69, 9.17) is 11.6 Å². The van der Waals surface area contributed by atoms with Crippen LogP contribution in [0.15, 0.2) is 60.8 Å². The quantitative estimate of drug-likeness (QED) is 0.463. The lowest BCUT2D eigenvalue weighted by molar-refractivity contribution is -0.170. The summed E-state index contributed by atoms with van der Waals surface area (Å²) in [7, 11) is 0. The van der Waals surface area contributed by atoms with Gasteiger partial charge in [0.15, 0.2) is 0 Å². The Bertz CT molecular complexity index is 1580. The molecule has 212 valence electrons. The number of amides is 3. The predicted molar refractivity (Wildman–Crippen MR) is 146 cm³/mol. The molecular formula is C30H26ClF3N4O3. The molecule has 1 aliphatic carbocycles. The molecule has 3 amide bonds. The summed E-state index contributed by atoms with van der Waals surface area (Å²) < 4.78 is 40.4. The van der Waals surface area contributed by atoms with E-state index in [9.17, 15) is 27.6 Å². The zero-order valence-electron chi connectivity index (χ0n) is 22.0. The lowest BCUT2D eigenvalue weighted by Gasteiger charge is -2.43. The Labute approximate surface area is 239 Å². The summed E-state index contributed by atoms with van der Waals surface area (Å²) in [6, 6.07) is 13.6. The molecule has 3 heterocycles. The minimum absolute atomic E-state index is 0.123. The van der Waals surface area contributed by atoms with Crippen molar-refractivity contribution in [1.29, 1.82) is 0 Å². The Balaban J connectivity index is 1.25. The Morgan fingerprint density at radius 2 is 1.90 bits per heavy atom. The van der Waals surface area contributed by atoms with E-state index in [0.717, 1.165) is 21.6 Å². The van der Waals surface area contributed by atoms with E-state index in [-0.39, 0.29) is 17.9 Å². The van der Waals surface area contributed by atoms with Crippen molar-refractivity contribution in [3.63, 3.8) is 0 Å². The molecule has 2 aliphatic heterocycles. The van der Waals surface area contributed by atoms with Gasteiger partial charge in [0.25, 0.3) is 5.91 Å². The largest absolute Gasteiger partial charge is 0.406 e. The molecule has 1 unspecified atom stereocenters. The fraction of sp³-hybridized carbons (Fsp3) is 0.333. The summed E-state index contributed by atoms with van der Waals surface area (Å²) in [5.74, 6) is -1.45. The zero-order valence-corrected chi connectivity index (χ0v) is 22.7. The van der Waals surface area contributed by atoms with Crippen molar-refractivity contribution < 1.29 is 27.6 Å². The Kier molecular flexibility index (Phi) is 6.56. The summed E-state index contributed by atoms with van der Waals surface area (Å²) in [5, 5.41) is 5.97. The van der Waals surface area contributed by atoms with Crippen LogP contribution in [0.2, 0.25) is 5.02 Å². The van der Waals surface area contributed by atoms with E-state index in [1.54, 1.807) is 61.7 Å². The number of piperidine rings is 1. The first-order valence-electron chi connectivity index (χ1n) is 13.3. The lowest BCUT2D eigenvalue weighted by atomic mass is 9.79. The maximum atomic E-state index is 13.5. The van der Waals surface area contributed by atoms with Gasteiger partial charge in [0, 0.05) is 34.3 Å². The van der Waals surface area contributed by atoms with E-state index in [1.165, 1.54) is 0 Å². The molecule has 41 heavy (non-hydrogen) atoms. The number of rotatable bonds is 4. The second-order valence-electron chi connectivity index (χ2n) is 11.0. The third-order valence-electron chi connectivity index (χ3n) is 8.52. The van der Waals surface area contributed by atoms with E-state index in [2.05, 4.69) is 15.6 Å². The first-order chi connectivity index (χ1) is 19.4. The van der Waals surface area contributed by atoms with Crippen LogP contribution in [-0.2, 0) is 27.8 Å². The average Bonchev–Trinajstić information content (AvgIpc) is 3.44. The normalized spacial score (nSPS) is 25.2. The number of alkyl halides is 3. The SMILES string of the molecule is C[C@@H]1[C@H](c2cccc(Cl)c2)C[C@H](NC(=O)c2ccc3c(c2)CC2(C3)C(=O)Nc3ncccc32)C(=O)N1CC(F)(F)F. The molecule has 3 aromatic rings. The standard InChI is InChI=1S/C30H26ClF3N4O3/c1-16-22(17-4-2-5-21(31)11-17)12-24(27(40)38(16)15-30(32,33)34)36-26(39)18-7-8-19-13-29(14-20(19)10-18)23-6-3-9-35-25(23)37-28(29)41/h2-11,16,22,24H,12-15H2,1H3,(H,36,39)(H,35,37,41)/t16-,22-,24+,29?/m1/s1. The van der Waals surface area contributed by atoms with Crippen LogP contribution in [0.5, 0.6) is 0 Å². The van der Waals surface area contributed by atoms with Gasteiger partial charge in [-0.25, -0.2) is 4.98 Å². The number of hydrogen-bond acceptors (Lipinski definition) is 4. The molecule has 11 heteroatoms. The van der Waals surface area contributed by atoms with Gasteiger partial charge in [-0.2, -0.15) is 13.2 Å². The number of hydrogen-bond donors (Lipinski definition) is 2. The minimum atomic E-state index is -4.61. The van der Waals surface area contributed by atoms with Gasteiger partial charge in [0.05, 0.1) is 5.41 Å². The van der Waals surface area contributed by atoms with E-state index >= 15 is 0 Å². The van der Waals surface area contributed by atoms with Gasteiger partial charge < -0.3 is 15.5 Å². The maximum absolute atomic E-state index is 13.5. The summed E-state index contributed by atoms with van der Waals surface area (Å²) in [6.07, 6.45) is -2.03. The molecule has 0 bridgehead atoms. The Hall–Kier alpha value is -3.92. The summed E-state index contributed by atoms with van der Waals surface area (Å²) in [6.45, 7) is 0.159. The summed E-state index contributed by atoms with van der Waals surface area (Å²) >= 11 is 6.15. The van der Waals surface area contributed by atoms with Gasteiger partial charge in [0.2, 0.25) is 11.8 Å². The van der Waals surface area contributed by atoms with Gasteiger partial charge in [-0.3, -0.25) is 14.4 Å². The number of aromatic nitrogens is 1. The van der Waals surface area contributed by atoms with Crippen molar-refractivity contribution in [3.8, 4) is 0 Å². The number of nitrogens with one attached hydrogen (secondary N) is 2. The first kappa shape index (κ1) is 27.3. The van der Waals surface area contributed by atoms with Crippen LogP contribution in [0.25, 0.3) is 0 Å². The van der Waals surface area contributed by atoms with Crippen LogP contribution >= 0.6 is 11.6 Å². The first-order valence-corrected chi connectivity index (χ1v) is 13.7. The molecule has 2 aromatic carbocycles. The number of halogens is 4. The van der Waals surface area contributed by atoms with E-state index < -0.39 is 48.0 Å². The lowest BCUT2D eigenvalue weighted by Crippen LogP contribution is -2.59. The average molecular weight is 583 g/mol. The number of carbonyl (C=O) groups excluding carboxylic acids is 3. The van der Waals surface area contributed by atoms with Crippen LogP contribution in [0.4, 0.5) is 19.0 Å². The predicted octanol–water partition coefficient (Wildman–Crippen LogP) is 4.79. The second-order valence-corrected chi connectivity index (χ2v) is 11.5. The highest BCUT2D eigenvalue weighted by molar-refractivity contribution is 6.30.